The van der Waals surface area contributed by atoms with E-state index < -0.39 is 0 Å². The zero-order valence-electron chi connectivity index (χ0n) is 17.6. The number of rotatable bonds is 7. The van der Waals surface area contributed by atoms with Gasteiger partial charge in [0.15, 0.2) is 11.6 Å². The van der Waals surface area contributed by atoms with Crippen LogP contribution in [-0.4, -0.2) is 31.3 Å². The summed E-state index contributed by atoms with van der Waals surface area (Å²) in [5.41, 5.74) is 6.02. The monoisotopic (exact) mass is 494 g/mol. The average Bonchev–Trinajstić information content (AvgIpc) is 3.37. The first-order valence-electron chi connectivity index (χ1n) is 10.1. The van der Waals surface area contributed by atoms with E-state index in [0.717, 1.165) is 39.1 Å². The highest BCUT2D eigenvalue weighted by Crippen LogP contribution is 2.25. The van der Waals surface area contributed by atoms with Crippen molar-refractivity contribution in [3.63, 3.8) is 0 Å². The molecule has 7 heteroatoms. The Labute approximate surface area is 194 Å². The van der Waals surface area contributed by atoms with Crippen LogP contribution < -0.4 is 0 Å². The summed E-state index contributed by atoms with van der Waals surface area (Å²) in [4.78, 5) is 17.5. The molecule has 2 heterocycles. The number of Topliss-reactive ketones (excluding diaryl/α,β-unsaturated/α-hetero) is 1. The predicted octanol–water partition coefficient (Wildman–Crippen LogP) is 6.18. The smallest absolute Gasteiger partial charge is 0.209 e. The quantitative estimate of drug-likeness (QED) is 0.246. The van der Waals surface area contributed by atoms with E-state index in [1.807, 2.05) is 56.3 Å². The van der Waals surface area contributed by atoms with Crippen molar-refractivity contribution in [2.24, 2.45) is 0 Å². The molecule has 4 rings (SSSR count). The van der Waals surface area contributed by atoms with Gasteiger partial charge in [0.05, 0.1) is 5.75 Å². The Bertz CT molecular complexity index is 1210. The number of aromatic nitrogens is 4. The molecule has 0 aliphatic heterocycles. The Morgan fingerprint density at radius 1 is 1.10 bits per heavy atom. The molecule has 158 valence electrons. The van der Waals surface area contributed by atoms with Gasteiger partial charge in [-0.1, -0.05) is 58.9 Å². The van der Waals surface area contributed by atoms with Gasteiger partial charge in [0, 0.05) is 32.7 Å². The number of hydrogen-bond donors (Lipinski definition) is 1. The van der Waals surface area contributed by atoms with Crippen LogP contribution in [0.25, 0.3) is 17.1 Å². The minimum absolute atomic E-state index is 0.0695. The van der Waals surface area contributed by atoms with E-state index in [2.05, 4.69) is 54.7 Å². The van der Waals surface area contributed by atoms with E-state index in [9.17, 15) is 4.79 Å². The number of benzene rings is 2. The van der Waals surface area contributed by atoms with Gasteiger partial charge < -0.3 is 4.57 Å². The van der Waals surface area contributed by atoms with Crippen LogP contribution in [-0.2, 0) is 6.42 Å². The lowest BCUT2D eigenvalue weighted by molar-refractivity contribution is 0.102. The summed E-state index contributed by atoms with van der Waals surface area (Å²) < 4.78 is 3.13. The van der Waals surface area contributed by atoms with Crippen molar-refractivity contribution in [1.29, 1.82) is 0 Å². The van der Waals surface area contributed by atoms with E-state index in [4.69, 9.17) is 0 Å². The Kier molecular flexibility index (Phi) is 6.43. The number of H-pyrrole nitrogens is 1. The molecule has 5 nitrogen and oxygen atoms in total. The van der Waals surface area contributed by atoms with Gasteiger partial charge >= 0.3 is 0 Å². The molecule has 0 saturated carbocycles. The largest absolute Gasteiger partial charge is 0.318 e. The highest BCUT2D eigenvalue weighted by atomic mass is 79.9. The second kappa shape index (κ2) is 9.24. The first kappa shape index (κ1) is 21.6. The highest BCUT2D eigenvalue weighted by molar-refractivity contribution is 9.10. The Hall–Kier alpha value is -2.64. The van der Waals surface area contributed by atoms with Crippen LogP contribution >= 0.6 is 27.7 Å². The SMILES string of the molecule is CCc1ccc(-c2nc(SCC(=O)c3cc(C)n(-c4ccc(Br)cc4)c3C)n[nH]2)cc1. The van der Waals surface area contributed by atoms with Crippen molar-refractivity contribution in [2.45, 2.75) is 32.3 Å². The summed E-state index contributed by atoms with van der Waals surface area (Å²) >= 11 is 4.82. The van der Waals surface area contributed by atoms with E-state index in [1.165, 1.54) is 17.3 Å². The molecule has 0 atom stereocenters. The van der Waals surface area contributed by atoms with Gasteiger partial charge in [-0.05, 0) is 56.2 Å². The Morgan fingerprint density at radius 3 is 2.48 bits per heavy atom. The first-order chi connectivity index (χ1) is 15.0. The van der Waals surface area contributed by atoms with Crippen LogP contribution in [0.2, 0.25) is 0 Å². The van der Waals surface area contributed by atoms with E-state index in [0.29, 0.717) is 11.0 Å². The normalized spacial score (nSPS) is 11.1. The topological polar surface area (TPSA) is 63.6 Å². The maximum absolute atomic E-state index is 12.9. The minimum Gasteiger partial charge on any atom is -0.318 e. The van der Waals surface area contributed by atoms with E-state index in [-0.39, 0.29) is 11.5 Å². The lowest BCUT2D eigenvalue weighted by atomic mass is 10.1. The standard InChI is InChI=1S/C24H23BrN4OS/c1-4-17-5-7-18(8-6-17)23-26-24(28-27-23)31-14-22(30)21-13-15(2)29(16(21)3)20-11-9-19(25)10-12-20/h5-13H,4,14H2,1-3H3,(H,26,27,28). The number of carbonyl (C=O) groups excluding carboxylic acids is 1. The fourth-order valence-electron chi connectivity index (χ4n) is 3.58. The molecule has 0 aliphatic rings. The number of thioether (sulfide) groups is 1. The van der Waals surface area contributed by atoms with Gasteiger partial charge in [-0.2, -0.15) is 0 Å². The van der Waals surface area contributed by atoms with Gasteiger partial charge in [0.2, 0.25) is 5.16 Å². The first-order valence-corrected chi connectivity index (χ1v) is 11.9. The Morgan fingerprint density at radius 2 is 1.81 bits per heavy atom. The molecule has 0 aliphatic carbocycles. The lowest BCUT2D eigenvalue weighted by Gasteiger charge is -2.10. The maximum atomic E-state index is 12.9. The van der Waals surface area contributed by atoms with Crippen molar-refractivity contribution in [3.05, 3.63) is 81.6 Å². The third kappa shape index (κ3) is 4.67. The summed E-state index contributed by atoms with van der Waals surface area (Å²) in [5.74, 6) is 1.07. The minimum atomic E-state index is 0.0695. The molecule has 0 fully saturated rings. The van der Waals surface area contributed by atoms with Crippen molar-refractivity contribution in [3.8, 4) is 17.1 Å². The second-order valence-electron chi connectivity index (χ2n) is 7.33. The number of halogens is 1. The summed E-state index contributed by atoms with van der Waals surface area (Å²) in [6, 6.07) is 18.3. The van der Waals surface area contributed by atoms with Gasteiger partial charge in [-0.15, -0.1) is 5.10 Å². The molecule has 2 aromatic heterocycles. The third-order valence-corrected chi connectivity index (χ3v) is 6.63. The molecule has 0 bridgehead atoms. The molecule has 0 amide bonds. The van der Waals surface area contributed by atoms with Gasteiger partial charge in [-0.25, -0.2) is 4.98 Å². The molecule has 0 radical (unpaired) electrons. The zero-order valence-corrected chi connectivity index (χ0v) is 20.0. The average molecular weight is 495 g/mol. The predicted molar refractivity (Wildman–Crippen MR) is 129 cm³/mol. The lowest BCUT2D eigenvalue weighted by Crippen LogP contribution is -2.05. The second-order valence-corrected chi connectivity index (χ2v) is 9.18. The molecule has 1 N–H and O–H groups in total. The van der Waals surface area contributed by atoms with Gasteiger partial charge in [0.25, 0.3) is 0 Å². The fraction of sp³-hybridized carbons (Fsp3) is 0.208. The molecule has 2 aromatic carbocycles. The number of carbonyl (C=O) groups is 1. The maximum Gasteiger partial charge on any atom is 0.209 e. The number of aromatic amines is 1. The zero-order chi connectivity index (χ0) is 22.0. The van der Waals surface area contributed by atoms with Crippen LogP contribution in [0, 0.1) is 13.8 Å². The van der Waals surface area contributed by atoms with E-state index in [1.54, 1.807) is 0 Å². The van der Waals surface area contributed by atoms with Crippen molar-refractivity contribution in [1.82, 2.24) is 19.7 Å². The number of nitrogens with zero attached hydrogens (tertiary/aromatic N) is 3. The fourth-order valence-corrected chi connectivity index (χ4v) is 4.52. The summed E-state index contributed by atoms with van der Waals surface area (Å²) in [7, 11) is 0. The van der Waals surface area contributed by atoms with Crippen LogP contribution in [0.5, 0.6) is 0 Å². The van der Waals surface area contributed by atoms with Gasteiger partial charge in [0.1, 0.15) is 0 Å². The van der Waals surface area contributed by atoms with Crippen LogP contribution in [0.3, 0.4) is 0 Å². The van der Waals surface area contributed by atoms with Crippen molar-refractivity contribution in [2.75, 3.05) is 5.75 Å². The van der Waals surface area contributed by atoms with Crippen LogP contribution in [0.15, 0.2) is 64.2 Å². The van der Waals surface area contributed by atoms with E-state index >= 15 is 0 Å². The number of aryl methyl sites for hydroxylation is 2. The highest BCUT2D eigenvalue weighted by Gasteiger charge is 2.18. The molecular formula is C24H23BrN4OS. The van der Waals surface area contributed by atoms with Crippen molar-refractivity contribution < 1.29 is 4.79 Å². The molecule has 0 unspecified atom stereocenters. The Balaban J connectivity index is 1.46. The number of ketones is 1. The molecule has 4 aromatic rings. The van der Waals surface area contributed by atoms with Gasteiger partial charge in [-0.3, -0.25) is 9.89 Å². The summed E-state index contributed by atoms with van der Waals surface area (Å²) in [6.07, 6.45) is 1.00. The summed E-state index contributed by atoms with van der Waals surface area (Å²) in [5, 5.41) is 7.81. The number of hydrogen-bond acceptors (Lipinski definition) is 4. The molecule has 0 spiro atoms. The van der Waals surface area contributed by atoms with Crippen molar-refractivity contribution >= 4 is 33.5 Å². The molecular weight excluding hydrogens is 472 g/mol. The molecule has 31 heavy (non-hydrogen) atoms. The number of nitrogens with one attached hydrogen (secondary N) is 1. The van der Waals surface area contributed by atoms with Crippen LogP contribution in [0.4, 0.5) is 0 Å². The molecule has 0 saturated heterocycles. The van der Waals surface area contributed by atoms with Crippen LogP contribution in [0.1, 0.15) is 34.2 Å². The summed E-state index contributed by atoms with van der Waals surface area (Å²) in [6.45, 7) is 6.13. The third-order valence-electron chi connectivity index (χ3n) is 5.25.